The molecule has 8 heteroatoms. The Kier molecular flexibility index (Phi) is 11.6. The number of hydrogen-bond acceptors (Lipinski definition) is 7. The summed E-state index contributed by atoms with van der Waals surface area (Å²) in [5, 5.41) is 0. The lowest BCUT2D eigenvalue weighted by Crippen LogP contribution is -2.30. The normalized spacial score (nSPS) is 14.4. The van der Waals surface area contributed by atoms with Crippen molar-refractivity contribution in [3.05, 3.63) is 52.4 Å². The van der Waals surface area contributed by atoms with Crippen LogP contribution in [0.25, 0.3) is 6.08 Å². The molecule has 1 amide bonds. The second kappa shape index (κ2) is 14.9. The summed E-state index contributed by atoms with van der Waals surface area (Å²) in [5.74, 6) is 2.63. The number of ether oxygens (including phenoxy) is 4. The van der Waals surface area contributed by atoms with Gasteiger partial charge in [0.05, 0.1) is 32.8 Å². The standard InChI is InChI=1S/C29H37NO5S2/c1-5-6-7-8-9-10-17-35-24-14-12-22(19-26(24)34-4)20-27-28(31)30(29(36)37-27)16-15-21-11-13-23(32-2)25(18-21)33-3/h11-14,18-20H,5-10,15-17H2,1-4H3/b27-20-. The number of unbranched alkanes of at least 4 members (excludes halogenated alkanes) is 5. The van der Waals surface area contributed by atoms with Gasteiger partial charge in [0.25, 0.3) is 5.91 Å². The van der Waals surface area contributed by atoms with E-state index in [0.29, 0.717) is 46.0 Å². The van der Waals surface area contributed by atoms with Gasteiger partial charge in [-0.1, -0.05) is 75.1 Å². The van der Waals surface area contributed by atoms with Crippen LogP contribution in [0.15, 0.2) is 41.3 Å². The molecule has 37 heavy (non-hydrogen) atoms. The number of methoxy groups -OCH3 is 3. The van der Waals surface area contributed by atoms with E-state index in [-0.39, 0.29) is 5.91 Å². The first-order valence-electron chi connectivity index (χ1n) is 12.8. The van der Waals surface area contributed by atoms with Crippen LogP contribution in [0.5, 0.6) is 23.0 Å². The van der Waals surface area contributed by atoms with E-state index >= 15 is 0 Å². The van der Waals surface area contributed by atoms with Crippen molar-refractivity contribution in [2.24, 2.45) is 0 Å². The molecular weight excluding hydrogens is 506 g/mol. The number of carbonyl (C=O) groups excluding carboxylic acids is 1. The number of nitrogens with zero attached hydrogens (tertiary/aromatic N) is 1. The van der Waals surface area contributed by atoms with Crippen LogP contribution in [-0.2, 0) is 11.2 Å². The van der Waals surface area contributed by atoms with Gasteiger partial charge >= 0.3 is 0 Å². The number of thioether (sulfide) groups is 1. The minimum absolute atomic E-state index is 0.0853. The van der Waals surface area contributed by atoms with Crippen molar-refractivity contribution in [1.29, 1.82) is 0 Å². The molecule has 6 nitrogen and oxygen atoms in total. The molecule has 0 N–H and O–H groups in total. The van der Waals surface area contributed by atoms with Crippen molar-refractivity contribution in [2.45, 2.75) is 51.9 Å². The first-order chi connectivity index (χ1) is 18.0. The average molecular weight is 544 g/mol. The van der Waals surface area contributed by atoms with E-state index in [9.17, 15) is 4.79 Å². The molecule has 1 aliphatic heterocycles. The highest BCUT2D eigenvalue weighted by Gasteiger charge is 2.31. The first kappa shape index (κ1) is 28.9. The van der Waals surface area contributed by atoms with E-state index in [1.165, 1.54) is 43.9 Å². The van der Waals surface area contributed by atoms with Gasteiger partial charge in [0, 0.05) is 6.54 Å². The van der Waals surface area contributed by atoms with Crippen LogP contribution >= 0.6 is 24.0 Å². The van der Waals surface area contributed by atoms with Gasteiger partial charge in [-0.15, -0.1) is 0 Å². The molecule has 0 aromatic heterocycles. The quantitative estimate of drug-likeness (QED) is 0.138. The molecule has 2 aromatic rings. The van der Waals surface area contributed by atoms with Crippen molar-refractivity contribution in [1.82, 2.24) is 4.90 Å². The average Bonchev–Trinajstić information content (AvgIpc) is 3.18. The molecule has 3 rings (SSSR count). The van der Waals surface area contributed by atoms with Gasteiger partial charge in [0.2, 0.25) is 0 Å². The Morgan fingerprint density at radius 2 is 1.54 bits per heavy atom. The summed E-state index contributed by atoms with van der Waals surface area (Å²) < 4.78 is 22.7. The van der Waals surface area contributed by atoms with Crippen LogP contribution < -0.4 is 18.9 Å². The molecule has 200 valence electrons. The largest absolute Gasteiger partial charge is 0.493 e. The zero-order valence-electron chi connectivity index (χ0n) is 22.2. The lowest BCUT2D eigenvalue weighted by Gasteiger charge is -2.15. The number of rotatable bonds is 15. The molecule has 0 bridgehead atoms. The van der Waals surface area contributed by atoms with Crippen LogP contribution in [-0.4, -0.2) is 49.6 Å². The molecule has 1 aliphatic rings. The molecule has 0 atom stereocenters. The summed E-state index contributed by atoms with van der Waals surface area (Å²) in [6.07, 6.45) is 9.80. The SMILES string of the molecule is CCCCCCCCOc1ccc(/C=C2\SC(=S)N(CCc3ccc(OC)c(OC)c3)C2=O)cc1OC. The molecule has 0 saturated carbocycles. The van der Waals surface area contributed by atoms with E-state index in [1.807, 2.05) is 42.5 Å². The van der Waals surface area contributed by atoms with E-state index in [2.05, 4.69) is 6.92 Å². The highest BCUT2D eigenvalue weighted by atomic mass is 32.2. The van der Waals surface area contributed by atoms with E-state index < -0.39 is 0 Å². The Morgan fingerprint density at radius 1 is 0.865 bits per heavy atom. The zero-order valence-corrected chi connectivity index (χ0v) is 23.8. The lowest BCUT2D eigenvalue weighted by molar-refractivity contribution is -0.122. The molecule has 1 heterocycles. The van der Waals surface area contributed by atoms with Crippen LogP contribution in [0.4, 0.5) is 0 Å². The van der Waals surface area contributed by atoms with E-state index in [0.717, 1.165) is 23.3 Å². The van der Waals surface area contributed by atoms with Gasteiger partial charge < -0.3 is 18.9 Å². The number of thiocarbonyl (C=S) groups is 1. The molecule has 2 aromatic carbocycles. The monoisotopic (exact) mass is 543 g/mol. The third-order valence-electron chi connectivity index (χ3n) is 6.19. The molecule has 0 unspecified atom stereocenters. The van der Waals surface area contributed by atoms with Crippen LogP contribution in [0.2, 0.25) is 0 Å². The fourth-order valence-electron chi connectivity index (χ4n) is 4.08. The molecule has 0 aliphatic carbocycles. The van der Waals surface area contributed by atoms with Crippen LogP contribution in [0, 0.1) is 0 Å². The number of hydrogen-bond donors (Lipinski definition) is 0. The fraction of sp³-hybridized carbons (Fsp3) is 0.448. The van der Waals surface area contributed by atoms with Gasteiger partial charge in [0.1, 0.15) is 4.32 Å². The third kappa shape index (κ3) is 8.14. The van der Waals surface area contributed by atoms with E-state index in [1.54, 1.807) is 26.2 Å². The van der Waals surface area contributed by atoms with Gasteiger partial charge in [-0.2, -0.15) is 0 Å². The maximum absolute atomic E-state index is 13.1. The number of amides is 1. The Morgan fingerprint density at radius 3 is 2.27 bits per heavy atom. The van der Waals surface area contributed by atoms with Crippen molar-refractivity contribution in [3.63, 3.8) is 0 Å². The predicted octanol–water partition coefficient (Wildman–Crippen LogP) is 6.90. The molecule has 0 radical (unpaired) electrons. The van der Waals surface area contributed by atoms with Gasteiger partial charge in [0.15, 0.2) is 23.0 Å². The second-order valence-corrected chi connectivity index (χ2v) is 10.5. The van der Waals surface area contributed by atoms with Crippen LogP contribution in [0.1, 0.15) is 56.6 Å². The Hall–Kier alpha value is -2.71. The minimum atomic E-state index is -0.0853. The topological polar surface area (TPSA) is 57.2 Å². The lowest BCUT2D eigenvalue weighted by atomic mass is 10.1. The minimum Gasteiger partial charge on any atom is -0.493 e. The van der Waals surface area contributed by atoms with Gasteiger partial charge in [-0.05, 0) is 54.3 Å². The Bertz CT molecular complexity index is 1100. The first-order valence-corrected chi connectivity index (χ1v) is 14.0. The zero-order chi connectivity index (χ0) is 26.6. The third-order valence-corrected chi connectivity index (χ3v) is 7.56. The van der Waals surface area contributed by atoms with Crippen molar-refractivity contribution in [2.75, 3.05) is 34.5 Å². The number of carbonyl (C=O) groups is 1. The summed E-state index contributed by atoms with van der Waals surface area (Å²) >= 11 is 6.83. The summed E-state index contributed by atoms with van der Waals surface area (Å²) in [6.45, 7) is 3.38. The van der Waals surface area contributed by atoms with E-state index in [4.69, 9.17) is 31.2 Å². The van der Waals surface area contributed by atoms with Crippen molar-refractivity contribution >= 4 is 40.3 Å². The van der Waals surface area contributed by atoms with Crippen molar-refractivity contribution in [3.8, 4) is 23.0 Å². The fourth-order valence-corrected chi connectivity index (χ4v) is 5.39. The summed E-state index contributed by atoms with van der Waals surface area (Å²) in [7, 11) is 4.85. The highest BCUT2D eigenvalue weighted by molar-refractivity contribution is 8.26. The number of benzene rings is 2. The van der Waals surface area contributed by atoms with Crippen LogP contribution in [0.3, 0.4) is 0 Å². The van der Waals surface area contributed by atoms with Gasteiger partial charge in [-0.3, -0.25) is 9.69 Å². The second-order valence-electron chi connectivity index (χ2n) is 8.80. The Balaban J connectivity index is 1.59. The Labute approximate surface area is 230 Å². The molecular formula is C29H37NO5S2. The summed E-state index contributed by atoms with van der Waals surface area (Å²) in [5.41, 5.74) is 1.90. The van der Waals surface area contributed by atoms with Gasteiger partial charge in [-0.25, -0.2) is 0 Å². The molecule has 1 fully saturated rings. The summed E-state index contributed by atoms with van der Waals surface area (Å²) in [6, 6.07) is 11.5. The predicted molar refractivity (Wildman–Crippen MR) is 155 cm³/mol. The molecule has 0 spiro atoms. The maximum Gasteiger partial charge on any atom is 0.266 e. The smallest absolute Gasteiger partial charge is 0.266 e. The maximum atomic E-state index is 13.1. The van der Waals surface area contributed by atoms with Crippen molar-refractivity contribution < 1.29 is 23.7 Å². The summed E-state index contributed by atoms with van der Waals surface area (Å²) in [4.78, 5) is 15.4. The highest BCUT2D eigenvalue weighted by Crippen LogP contribution is 2.35. The molecule has 1 saturated heterocycles.